The quantitative estimate of drug-likeness (QED) is 0.850. The molecule has 0 saturated carbocycles. The van der Waals surface area contributed by atoms with E-state index in [2.05, 4.69) is 48.9 Å². The van der Waals surface area contributed by atoms with Gasteiger partial charge in [0.15, 0.2) is 0 Å². The molecule has 3 nitrogen and oxygen atoms in total. The predicted octanol–water partition coefficient (Wildman–Crippen LogP) is 3.49. The lowest BCUT2D eigenvalue weighted by atomic mass is 10.1. The SMILES string of the molecule is CCN(CC)c1ccc(N)c(-c2cc(C)ccn2)c1. The topological polar surface area (TPSA) is 42.1 Å². The summed E-state index contributed by atoms with van der Waals surface area (Å²) in [5, 5.41) is 0. The molecule has 1 aromatic carbocycles. The molecule has 3 heteroatoms. The minimum Gasteiger partial charge on any atom is -0.398 e. The lowest BCUT2D eigenvalue weighted by molar-refractivity contribution is 0.866. The van der Waals surface area contributed by atoms with Gasteiger partial charge < -0.3 is 10.6 Å². The molecule has 0 aliphatic rings. The summed E-state index contributed by atoms with van der Waals surface area (Å²) in [4.78, 5) is 6.73. The molecular weight excluding hydrogens is 234 g/mol. The van der Waals surface area contributed by atoms with Gasteiger partial charge in [0.1, 0.15) is 0 Å². The van der Waals surface area contributed by atoms with Crippen LogP contribution in [-0.4, -0.2) is 18.1 Å². The number of rotatable bonds is 4. The largest absolute Gasteiger partial charge is 0.398 e. The van der Waals surface area contributed by atoms with Gasteiger partial charge in [-0.15, -0.1) is 0 Å². The van der Waals surface area contributed by atoms with Gasteiger partial charge in [-0.1, -0.05) is 0 Å². The van der Waals surface area contributed by atoms with Crippen LogP contribution in [0, 0.1) is 6.92 Å². The molecule has 0 fully saturated rings. The van der Waals surface area contributed by atoms with Gasteiger partial charge >= 0.3 is 0 Å². The Balaban J connectivity index is 2.48. The Morgan fingerprint density at radius 3 is 2.47 bits per heavy atom. The van der Waals surface area contributed by atoms with E-state index in [1.165, 1.54) is 11.3 Å². The summed E-state index contributed by atoms with van der Waals surface area (Å²) < 4.78 is 0. The number of benzene rings is 1. The Kier molecular flexibility index (Phi) is 4.05. The zero-order chi connectivity index (χ0) is 13.8. The van der Waals surface area contributed by atoms with Crippen molar-refractivity contribution in [2.75, 3.05) is 23.7 Å². The van der Waals surface area contributed by atoms with E-state index in [0.717, 1.165) is 30.0 Å². The molecule has 1 aromatic heterocycles. The summed E-state index contributed by atoms with van der Waals surface area (Å²) in [5.74, 6) is 0. The van der Waals surface area contributed by atoms with Gasteiger partial charge in [-0.2, -0.15) is 0 Å². The van der Waals surface area contributed by atoms with E-state index < -0.39 is 0 Å². The summed E-state index contributed by atoms with van der Waals surface area (Å²) in [6.45, 7) is 8.35. The Labute approximate surface area is 115 Å². The van der Waals surface area contributed by atoms with Crippen molar-refractivity contribution in [3.63, 3.8) is 0 Å². The molecule has 0 amide bonds. The number of hydrogen-bond acceptors (Lipinski definition) is 3. The van der Waals surface area contributed by atoms with E-state index in [0.29, 0.717) is 0 Å². The highest BCUT2D eigenvalue weighted by Crippen LogP contribution is 2.29. The van der Waals surface area contributed by atoms with Crippen molar-refractivity contribution in [2.24, 2.45) is 0 Å². The maximum Gasteiger partial charge on any atom is 0.0726 e. The van der Waals surface area contributed by atoms with Crippen LogP contribution in [0.2, 0.25) is 0 Å². The van der Waals surface area contributed by atoms with Crippen LogP contribution in [-0.2, 0) is 0 Å². The number of nitrogens with zero attached hydrogens (tertiary/aromatic N) is 2. The average Bonchev–Trinajstić information content (AvgIpc) is 2.42. The monoisotopic (exact) mass is 255 g/mol. The number of hydrogen-bond donors (Lipinski definition) is 1. The summed E-state index contributed by atoms with van der Waals surface area (Å²) in [6.07, 6.45) is 1.83. The van der Waals surface area contributed by atoms with Crippen LogP contribution >= 0.6 is 0 Å². The molecule has 0 unspecified atom stereocenters. The van der Waals surface area contributed by atoms with Crippen molar-refractivity contribution in [1.82, 2.24) is 4.98 Å². The van der Waals surface area contributed by atoms with Crippen LogP contribution in [0.1, 0.15) is 19.4 Å². The minimum atomic E-state index is 0.772. The third-order valence-corrected chi connectivity index (χ3v) is 3.36. The van der Waals surface area contributed by atoms with E-state index in [1.807, 2.05) is 18.3 Å². The van der Waals surface area contributed by atoms with Gasteiger partial charge in [-0.3, -0.25) is 4.98 Å². The smallest absolute Gasteiger partial charge is 0.0726 e. The first-order valence-electron chi connectivity index (χ1n) is 6.73. The Morgan fingerprint density at radius 2 is 1.84 bits per heavy atom. The average molecular weight is 255 g/mol. The summed E-state index contributed by atoms with van der Waals surface area (Å²) >= 11 is 0. The highest BCUT2D eigenvalue weighted by atomic mass is 15.1. The first-order valence-corrected chi connectivity index (χ1v) is 6.73. The summed E-state index contributed by atoms with van der Waals surface area (Å²) in [6, 6.07) is 10.2. The molecule has 2 N–H and O–H groups in total. The molecular formula is C16H21N3. The minimum absolute atomic E-state index is 0.772. The molecule has 1 heterocycles. The molecule has 19 heavy (non-hydrogen) atoms. The fourth-order valence-corrected chi connectivity index (χ4v) is 2.24. The standard InChI is InChI=1S/C16H21N3/c1-4-19(5-2)13-6-7-15(17)14(11-13)16-10-12(3)8-9-18-16/h6-11H,4-5,17H2,1-3H3. The molecule has 0 aliphatic heterocycles. The lowest BCUT2D eigenvalue weighted by Crippen LogP contribution is -2.21. The van der Waals surface area contributed by atoms with Crippen LogP contribution in [0.15, 0.2) is 36.5 Å². The van der Waals surface area contributed by atoms with Crippen molar-refractivity contribution in [3.05, 3.63) is 42.1 Å². The van der Waals surface area contributed by atoms with Crippen LogP contribution in [0.4, 0.5) is 11.4 Å². The number of nitrogen functional groups attached to an aromatic ring is 1. The van der Waals surface area contributed by atoms with E-state index in [9.17, 15) is 0 Å². The molecule has 0 bridgehead atoms. The molecule has 0 atom stereocenters. The molecule has 2 aromatic rings. The highest BCUT2D eigenvalue weighted by molar-refractivity contribution is 5.78. The zero-order valence-electron chi connectivity index (χ0n) is 11.9. The van der Waals surface area contributed by atoms with E-state index in [1.54, 1.807) is 0 Å². The number of aromatic nitrogens is 1. The highest BCUT2D eigenvalue weighted by Gasteiger charge is 2.08. The molecule has 0 spiro atoms. The first kappa shape index (κ1) is 13.4. The molecule has 2 rings (SSSR count). The summed E-state index contributed by atoms with van der Waals surface area (Å²) in [7, 11) is 0. The van der Waals surface area contributed by atoms with Crippen LogP contribution in [0.3, 0.4) is 0 Å². The fraction of sp³-hybridized carbons (Fsp3) is 0.312. The number of anilines is 2. The first-order chi connectivity index (χ1) is 9.15. The fourth-order valence-electron chi connectivity index (χ4n) is 2.24. The van der Waals surface area contributed by atoms with E-state index in [4.69, 9.17) is 5.73 Å². The Bertz CT molecular complexity index is 560. The zero-order valence-corrected chi connectivity index (χ0v) is 11.9. The van der Waals surface area contributed by atoms with Crippen molar-refractivity contribution >= 4 is 11.4 Å². The summed E-state index contributed by atoms with van der Waals surface area (Å²) in [5.41, 5.74) is 11.2. The number of aryl methyl sites for hydroxylation is 1. The third-order valence-electron chi connectivity index (χ3n) is 3.36. The van der Waals surface area contributed by atoms with Crippen LogP contribution in [0.25, 0.3) is 11.3 Å². The second-order valence-electron chi connectivity index (χ2n) is 4.66. The van der Waals surface area contributed by atoms with Gasteiger partial charge in [0, 0.05) is 36.2 Å². The van der Waals surface area contributed by atoms with Gasteiger partial charge in [0.2, 0.25) is 0 Å². The Morgan fingerprint density at radius 1 is 1.11 bits per heavy atom. The normalized spacial score (nSPS) is 10.5. The predicted molar refractivity (Wildman–Crippen MR) is 82.4 cm³/mol. The van der Waals surface area contributed by atoms with Gasteiger partial charge in [-0.25, -0.2) is 0 Å². The maximum absolute atomic E-state index is 6.10. The van der Waals surface area contributed by atoms with Crippen LogP contribution in [0.5, 0.6) is 0 Å². The second-order valence-corrected chi connectivity index (χ2v) is 4.66. The lowest BCUT2D eigenvalue weighted by Gasteiger charge is -2.22. The maximum atomic E-state index is 6.10. The van der Waals surface area contributed by atoms with Gasteiger partial charge in [0.05, 0.1) is 5.69 Å². The number of pyridine rings is 1. The van der Waals surface area contributed by atoms with Gasteiger partial charge in [-0.05, 0) is 56.7 Å². The number of nitrogens with two attached hydrogens (primary N) is 1. The molecule has 0 aliphatic carbocycles. The second kappa shape index (κ2) is 5.74. The van der Waals surface area contributed by atoms with Crippen molar-refractivity contribution in [3.8, 4) is 11.3 Å². The molecule has 0 saturated heterocycles. The van der Waals surface area contributed by atoms with Crippen molar-refractivity contribution < 1.29 is 0 Å². The van der Waals surface area contributed by atoms with E-state index in [-0.39, 0.29) is 0 Å². The van der Waals surface area contributed by atoms with Crippen molar-refractivity contribution in [2.45, 2.75) is 20.8 Å². The molecule has 100 valence electrons. The van der Waals surface area contributed by atoms with Gasteiger partial charge in [0.25, 0.3) is 0 Å². The van der Waals surface area contributed by atoms with Crippen LogP contribution < -0.4 is 10.6 Å². The van der Waals surface area contributed by atoms with Crippen molar-refractivity contribution in [1.29, 1.82) is 0 Å². The van der Waals surface area contributed by atoms with E-state index >= 15 is 0 Å². The Hall–Kier alpha value is -2.03. The molecule has 0 radical (unpaired) electrons. The third kappa shape index (κ3) is 2.87.